The third-order valence-corrected chi connectivity index (χ3v) is 5.05. The maximum atomic E-state index is 13.3. The molecule has 1 aromatic heterocycles. The lowest BCUT2D eigenvalue weighted by atomic mass is 9.99. The molecule has 0 aliphatic heterocycles. The molecule has 0 unspecified atom stereocenters. The zero-order valence-electron chi connectivity index (χ0n) is 14.6. The van der Waals surface area contributed by atoms with Gasteiger partial charge >= 0.3 is 0 Å². The fraction of sp³-hybridized carbons (Fsp3) is 0.238. The molecule has 3 aromatic rings. The molecule has 0 saturated carbocycles. The van der Waals surface area contributed by atoms with E-state index < -0.39 is 0 Å². The van der Waals surface area contributed by atoms with Crippen LogP contribution in [0.3, 0.4) is 0 Å². The topological polar surface area (TPSA) is 54.6 Å². The number of aryl methyl sites for hydroxylation is 1. The molecule has 0 spiro atoms. The number of hydrogen-bond donors (Lipinski definition) is 1. The second-order valence-corrected chi connectivity index (χ2v) is 6.72. The van der Waals surface area contributed by atoms with E-state index in [4.69, 9.17) is 0 Å². The third-order valence-electron chi connectivity index (χ3n) is 5.05. The number of oxime groups is 1. The van der Waals surface area contributed by atoms with Crippen molar-refractivity contribution in [1.29, 1.82) is 0 Å². The summed E-state index contributed by atoms with van der Waals surface area (Å²) in [6.07, 6.45) is 0. The predicted octanol–water partition coefficient (Wildman–Crippen LogP) is 4.35. The van der Waals surface area contributed by atoms with E-state index >= 15 is 0 Å². The van der Waals surface area contributed by atoms with Gasteiger partial charge < -0.3 is 9.77 Å². The van der Waals surface area contributed by atoms with Crippen LogP contribution in [0.5, 0.6) is 0 Å². The molecule has 0 saturated heterocycles. The number of rotatable bonds is 2. The van der Waals surface area contributed by atoms with Crippen LogP contribution in [0.1, 0.15) is 43.4 Å². The fourth-order valence-corrected chi connectivity index (χ4v) is 3.79. The van der Waals surface area contributed by atoms with Gasteiger partial charge in [0.1, 0.15) is 5.71 Å². The second kappa shape index (κ2) is 5.59. The molecular weight excluding hydrogens is 312 g/mol. The van der Waals surface area contributed by atoms with Gasteiger partial charge in [-0.15, -0.1) is 0 Å². The van der Waals surface area contributed by atoms with Crippen molar-refractivity contribution in [2.75, 3.05) is 0 Å². The summed E-state index contributed by atoms with van der Waals surface area (Å²) in [6, 6.07) is 13.8. The van der Waals surface area contributed by atoms with Crippen molar-refractivity contribution < 1.29 is 5.21 Å². The number of benzene rings is 2. The van der Waals surface area contributed by atoms with Gasteiger partial charge in [0.25, 0.3) is 0 Å². The van der Waals surface area contributed by atoms with Gasteiger partial charge in [-0.05, 0) is 30.5 Å². The molecule has 0 atom stereocenters. The van der Waals surface area contributed by atoms with Gasteiger partial charge in [-0.25, -0.2) is 0 Å². The number of hydrogen-bond acceptors (Lipinski definition) is 3. The third kappa shape index (κ3) is 2.07. The highest BCUT2D eigenvalue weighted by Gasteiger charge is 2.31. The van der Waals surface area contributed by atoms with E-state index in [-0.39, 0.29) is 5.43 Å². The van der Waals surface area contributed by atoms with Crippen molar-refractivity contribution in [1.82, 2.24) is 4.57 Å². The van der Waals surface area contributed by atoms with Crippen LogP contribution < -0.4 is 5.43 Å². The Labute approximate surface area is 146 Å². The van der Waals surface area contributed by atoms with Crippen LogP contribution >= 0.6 is 0 Å². The molecule has 1 aliphatic carbocycles. The SMILES string of the molecule is CCn1c2c(c(=O)c3cc(C(C)C)ccc31)C(=NO)c1ccccc1-2. The molecule has 4 nitrogen and oxygen atoms in total. The lowest BCUT2D eigenvalue weighted by Gasteiger charge is -2.16. The van der Waals surface area contributed by atoms with Crippen molar-refractivity contribution in [3.05, 3.63) is 69.4 Å². The Bertz CT molecular complexity index is 1090. The minimum atomic E-state index is -0.0683. The number of fused-ring (bicyclic) bond motifs is 4. The van der Waals surface area contributed by atoms with Crippen molar-refractivity contribution in [3.8, 4) is 11.3 Å². The van der Waals surface area contributed by atoms with Crippen molar-refractivity contribution in [2.45, 2.75) is 33.2 Å². The lowest BCUT2D eigenvalue weighted by molar-refractivity contribution is 0.320. The zero-order valence-corrected chi connectivity index (χ0v) is 14.6. The first-order valence-corrected chi connectivity index (χ1v) is 8.61. The van der Waals surface area contributed by atoms with Gasteiger partial charge in [-0.3, -0.25) is 4.79 Å². The van der Waals surface area contributed by atoms with E-state index in [1.54, 1.807) is 0 Å². The average molecular weight is 332 g/mol. The summed E-state index contributed by atoms with van der Waals surface area (Å²) < 4.78 is 2.15. The summed E-state index contributed by atoms with van der Waals surface area (Å²) in [5, 5.41) is 13.8. The van der Waals surface area contributed by atoms with Crippen LogP contribution in [0.15, 0.2) is 52.4 Å². The summed E-state index contributed by atoms with van der Waals surface area (Å²) in [6.45, 7) is 7.02. The van der Waals surface area contributed by atoms with Gasteiger partial charge in [0, 0.05) is 23.1 Å². The smallest absolute Gasteiger partial charge is 0.199 e. The fourth-order valence-electron chi connectivity index (χ4n) is 3.79. The van der Waals surface area contributed by atoms with E-state index in [1.165, 1.54) is 0 Å². The van der Waals surface area contributed by atoms with Crippen molar-refractivity contribution >= 4 is 16.6 Å². The average Bonchev–Trinajstić information content (AvgIpc) is 2.96. The molecule has 4 heteroatoms. The van der Waals surface area contributed by atoms with Crippen LogP contribution in [0, 0.1) is 0 Å². The lowest BCUT2D eigenvalue weighted by Crippen LogP contribution is -2.19. The predicted molar refractivity (Wildman–Crippen MR) is 101 cm³/mol. The molecule has 0 radical (unpaired) electrons. The second-order valence-electron chi connectivity index (χ2n) is 6.72. The Kier molecular flexibility index (Phi) is 3.49. The molecule has 126 valence electrons. The summed E-state index contributed by atoms with van der Waals surface area (Å²) in [5.41, 5.74) is 5.45. The van der Waals surface area contributed by atoms with Crippen LogP contribution in [-0.2, 0) is 6.54 Å². The highest BCUT2D eigenvalue weighted by Crippen LogP contribution is 2.37. The summed E-state index contributed by atoms with van der Waals surface area (Å²) in [5.74, 6) is 0.343. The maximum absolute atomic E-state index is 13.3. The van der Waals surface area contributed by atoms with Crippen LogP contribution in [-0.4, -0.2) is 15.5 Å². The van der Waals surface area contributed by atoms with E-state index in [2.05, 4.69) is 36.6 Å². The molecule has 1 aliphatic rings. The van der Waals surface area contributed by atoms with Crippen LogP contribution in [0.25, 0.3) is 22.2 Å². The molecule has 25 heavy (non-hydrogen) atoms. The van der Waals surface area contributed by atoms with Gasteiger partial charge in [-0.1, -0.05) is 49.3 Å². The minimum absolute atomic E-state index is 0.0683. The molecule has 0 bridgehead atoms. The summed E-state index contributed by atoms with van der Waals surface area (Å²) in [4.78, 5) is 13.3. The van der Waals surface area contributed by atoms with Crippen molar-refractivity contribution in [3.63, 3.8) is 0 Å². The number of aromatic nitrogens is 1. The molecule has 4 rings (SSSR count). The highest BCUT2D eigenvalue weighted by atomic mass is 16.4. The van der Waals surface area contributed by atoms with Crippen molar-refractivity contribution in [2.24, 2.45) is 5.16 Å². The molecular formula is C21H20N2O2. The van der Waals surface area contributed by atoms with E-state index in [0.717, 1.165) is 34.4 Å². The summed E-state index contributed by atoms with van der Waals surface area (Å²) >= 11 is 0. The largest absolute Gasteiger partial charge is 0.410 e. The Hall–Kier alpha value is -2.88. The standard InChI is InChI=1S/C21H20N2O2/c1-4-23-17-10-9-13(12(2)3)11-16(17)21(24)18-19(22-25)14-7-5-6-8-15(14)20(18)23/h5-12,25H,4H2,1-3H3. The van der Waals surface area contributed by atoms with E-state index in [1.807, 2.05) is 36.4 Å². The monoisotopic (exact) mass is 332 g/mol. The molecule has 0 amide bonds. The highest BCUT2D eigenvalue weighted by molar-refractivity contribution is 6.24. The molecule has 1 heterocycles. The van der Waals surface area contributed by atoms with E-state index in [9.17, 15) is 10.0 Å². The van der Waals surface area contributed by atoms with Gasteiger partial charge in [-0.2, -0.15) is 0 Å². The first-order chi connectivity index (χ1) is 12.1. The van der Waals surface area contributed by atoms with E-state index in [0.29, 0.717) is 22.6 Å². The first-order valence-electron chi connectivity index (χ1n) is 8.61. The van der Waals surface area contributed by atoms with Crippen LogP contribution in [0.4, 0.5) is 0 Å². The minimum Gasteiger partial charge on any atom is -0.410 e. The Morgan fingerprint density at radius 2 is 1.84 bits per heavy atom. The molecule has 1 N–H and O–H groups in total. The quantitative estimate of drug-likeness (QED) is 0.438. The number of nitrogens with zero attached hydrogens (tertiary/aromatic N) is 2. The number of pyridine rings is 1. The Balaban J connectivity index is 2.21. The molecule has 2 aromatic carbocycles. The zero-order chi connectivity index (χ0) is 17.7. The van der Waals surface area contributed by atoms with Gasteiger partial charge in [0.05, 0.1) is 16.8 Å². The first kappa shape index (κ1) is 15.6. The summed E-state index contributed by atoms with van der Waals surface area (Å²) in [7, 11) is 0. The van der Waals surface area contributed by atoms with Gasteiger partial charge in [0.15, 0.2) is 5.43 Å². The Morgan fingerprint density at radius 3 is 2.48 bits per heavy atom. The normalized spacial score (nSPS) is 14.3. The molecule has 0 fully saturated rings. The maximum Gasteiger partial charge on any atom is 0.199 e. The van der Waals surface area contributed by atoms with Gasteiger partial charge in [0.2, 0.25) is 0 Å². The van der Waals surface area contributed by atoms with Crippen LogP contribution in [0.2, 0.25) is 0 Å². The Morgan fingerprint density at radius 1 is 1.12 bits per heavy atom.